The molecule has 0 radical (unpaired) electrons. The molecule has 0 saturated carbocycles. The van der Waals surface area contributed by atoms with Gasteiger partial charge in [-0.25, -0.2) is 4.39 Å². The molecular formula is C21H17FN2O5S. The van der Waals surface area contributed by atoms with E-state index in [9.17, 15) is 14.0 Å². The Bertz CT molecular complexity index is 1220. The van der Waals surface area contributed by atoms with E-state index in [1.54, 1.807) is 7.05 Å². The highest BCUT2D eigenvalue weighted by molar-refractivity contribution is 7.10. The van der Waals surface area contributed by atoms with E-state index in [-0.39, 0.29) is 29.9 Å². The van der Waals surface area contributed by atoms with Gasteiger partial charge in [-0.2, -0.15) is 0 Å². The zero-order chi connectivity index (χ0) is 21.0. The van der Waals surface area contributed by atoms with Gasteiger partial charge >= 0.3 is 4.87 Å². The number of hydrogen-bond acceptors (Lipinski definition) is 6. The molecule has 0 spiro atoms. The fraction of sp³-hybridized carbons (Fsp3) is 0.238. The summed E-state index contributed by atoms with van der Waals surface area (Å²) in [6.07, 6.45) is 0.146. The zero-order valence-electron chi connectivity index (χ0n) is 16.2. The van der Waals surface area contributed by atoms with Crippen LogP contribution in [-0.2, 0) is 11.8 Å². The van der Waals surface area contributed by atoms with Gasteiger partial charge < -0.3 is 14.2 Å². The molecule has 2 aliphatic rings. The summed E-state index contributed by atoms with van der Waals surface area (Å²) in [6, 6.07) is 9.28. The topological polar surface area (TPSA) is 70.0 Å². The molecule has 1 aromatic heterocycles. The third kappa shape index (κ3) is 2.77. The third-order valence-electron chi connectivity index (χ3n) is 5.33. The van der Waals surface area contributed by atoms with E-state index < -0.39 is 5.82 Å². The van der Waals surface area contributed by atoms with E-state index in [1.807, 2.05) is 12.1 Å². The first kappa shape index (κ1) is 18.7. The highest BCUT2D eigenvalue weighted by Crippen LogP contribution is 2.49. The van der Waals surface area contributed by atoms with Gasteiger partial charge in [-0.3, -0.25) is 19.1 Å². The molecule has 9 heteroatoms. The summed E-state index contributed by atoms with van der Waals surface area (Å²) < 4.78 is 31.3. The van der Waals surface area contributed by atoms with Gasteiger partial charge in [0.15, 0.2) is 11.5 Å². The number of anilines is 2. The maximum Gasteiger partial charge on any atom is 0.308 e. The van der Waals surface area contributed by atoms with Crippen LogP contribution in [0.1, 0.15) is 22.8 Å². The Morgan fingerprint density at radius 2 is 1.93 bits per heavy atom. The Hall–Kier alpha value is -3.33. The number of halogens is 1. The highest BCUT2D eigenvalue weighted by Gasteiger charge is 2.38. The number of methoxy groups -OCH3 is 1. The summed E-state index contributed by atoms with van der Waals surface area (Å²) in [5, 5.41) is 0. The molecule has 0 N–H and O–H groups in total. The van der Waals surface area contributed by atoms with Crippen molar-refractivity contribution < 1.29 is 23.4 Å². The Labute approximate surface area is 174 Å². The number of carbonyl (C=O) groups is 1. The molecule has 154 valence electrons. The first-order valence-corrected chi connectivity index (χ1v) is 10.1. The molecule has 0 fully saturated rings. The molecule has 5 rings (SSSR count). The first-order chi connectivity index (χ1) is 14.5. The smallest absolute Gasteiger partial charge is 0.308 e. The number of ether oxygens (including phenoxy) is 3. The largest absolute Gasteiger partial charge is 0.493 e. The van der Waals surface area contributed by atoms with E-state index in [0.717, 1.165) is 21.8 Å². The molecule has 2 aromatic carbocycles. The van der Waals surface area contributed by atoms with E-state index in [4.69, 9.17) is 14.2 Å². The van der Waals surface area contributed by atoms with Crippen LogP contribution in [0.15, 0.2) is 41.2 Å². The second kappa shape index (κ2) is 6.88. The van der Waals surface area contributed by atoms with Crippen LogP contribution in [0.3, 0.4) is 0 Å². The van der Waals surface area contributed by atoms with Crippen LogP contribution in [0.5, 0.6) is 17.2 Å². The molecule has 1 atom stereocenters. The lowest BCUT2D eigenvalue weighted by Crippen LogP contribution is -2.34. The number of aromatic nitrogens is 1. The van der Waals surface area contributed by atoms with Gasteiger partial charge in [0, 0.05) is 19.4 Å². The molecule has 3 heterocycles. The predicted octanol–water partition coefficient (Wildman–Crippen LogP) is 3.52. The van der Waals surface area contributed by atoms with Crippen LogP contribution in [-0.4, -0.2) is 24.4 Å². The lowest BCUT2D eigenvalue weighted by atomic mass is 9.90. The third-order valence-corrected chi connectivity index (χ3v) is 6.47. The minimum Gasteiger partial charge on any atom is -0.493 e. The highest BCUT2D eigenvalue weighted by atomic mass is 32.1. The maximum absolute atomic E-state index is 13.4. The van der Waals surface area contributed by atoms with Crippen LogP contribution >= 0.6 is 11.3 Å². The van der Waals surface area contributed by atoms with Crippen molar-refractivity contribution >= 4 is 28.7 Å². The number of benzene rings is 2. The average Bonchev–Trinajstić information content (AvgIpc) is 3.33. The minimum absolute atomic E-state index is 0.0982. The quantitative estimate of drug-likeness (QED) is 0.639. The second-order valence-electron chi connectivity index (χ2n) is 7.03. The lowest BCUT2D eigenvalue weighted by Gasteiger charge is -2.32. The fourth-order valence-corrected chi connectivity index (χ4v) is 4.99. The number of nitrogens with zero attached hydrogens (tertiary/aromatic N) is 2. The normalized spacial score (nSPS) is 17.2. The van der Waals surface area contributed by atoms with Gasteiger partial charge in [0.05, 0.1) is 17.7 Å². The average molecular weight is 428 g/mol. The lowest BCUT2D eigenvalue weighted by molar-refractivity contribution is -0.118. The molecule has 0 unspecified atom stereocenters. The van der Waals surface area contributed by atoms with E-state index in [1.165, 1.54) is 40.8 Å². The summed E-state index contributed by atoms with van der Waals surface area (Å²) in [7, 11) is 3.17. The molecule has 0 saturated heterocycles. The van der Waals surface area contributed by atoms with Crippen molar-refractivity contribution in [2.24, 2.45) is 7.05 Å². The van der Waals surface area contributed by atoms with E-state index in [0.29, 0.717) is 28.8 Å². The van der Waals surface area contributed by atoms with Crippen LogP contribution in [0.25, 0.3) is 0 Å². The van der Waals surface area contributed by atoms with Gasteiger partial charge in [0.2, 0.25) is 18.4 Å². The van der Waals surface area contributed by atoms with Crippen LogP contribution in [0.4, 0.5) is 15.9 Å². The van der Waals surface area contributed by atoms with Crippen LogP contribution < -0.4 is 24.0 Å². The fourth-order valence-electron chi connectivity index (χ4n) is 3.90. The van der Waals surface area contributed by atoms with Gasteiger partial charge in [0.25, 0.3) is 0 Å². The summed E-state index contributed by atoms with van der Waals surface area (Å²) in [5.74, 6) is 1.15. The predicted molar refractivity (Wildman–Crippen MR) is 109 cm³/mol. The molecule has 0 bridgehead atoms. The first-order valence-electron chi connectivity index (χ1n) is 9.23. The molecule has 30 heavy (non-hydrogen) atoms. The Morgan fingerprint density at radius 3 is 2.67 bits per heavy atom. The summed E-state index contributed by atoms with van der Waals surface area (Å²) in [5.41, 5.74) is 1.31. The number of fused-ring (bicyclic) bond motifs is 2. The summed E-state index contributed by atoms with van der Waals surface area (Å²) in [4.78, 5) is 27.8. The Morgan fingerprint density at radius 1 is 1.17 bits per heavy atom. The van der Waals surface area contributed by atoms with Crippen molar-refractivity contribution in [3.8, 4) is 17.2 Å². The number of thiazole rings is 1. The Kier molecular flexibility index (Phi) is 4.28. The van der Waals surface area contributed by atoms with Gasteiger partial charge in [0.1, 0.15) is 11.6 Å². The molecular weight excluding hydrogens is 411 g/mol. The van der Waals surface area contributed by atoms with E-state index >= 15 is 0 Å². The standard InChI is InChI=1S/C21H17FN2O5S/c1-23-20-19(30-21(23)26)14(9-17(25)24(20)13-5-3-12(22)4-6-13)11-7-15(27-2)18-16(8-11)28-10-29-18/h3-8,14H,9-10H2,1-2H3/t14-/m1/s1. The van der Waals surface area contributed by atoms with Crippen LogP contribution in [0, 0.1) is 5.82 Å². The van der Waals surface area contributed by atoms with Gasteiger partial charge in [-0.1, -0.05) is 11.3 Å². The number of carbonyl (C=O) groups excluding carboxylic acids is 1. The van der Waals surface area contributed by atoms with Crippen molar-refractivity contribution in [3.63, 3.8) is 0 Å². The maximum atomic E-state index is 13.4. The van der Waals surface area contributed by atoms with Crippen molar-refractivity contribution in [1.82, 2.24) is 4.57 Å². The Balaban J connectivity index is 1.67. The summed E-state index contributed by atoms with van der Waals surface area (Å²) in [6.45, 7) is 0.0982. The number of hydrogen-bond donors (Lipinski definition) is 0. The van der Waals surface area contributed by atoms with Crippen molar-refractivity contribution in [2.45, 2.75) is 12.3 Å². The van der Waals surface area contributed by atoms with E-state index in [2.05, 4.69) is 0 Å². The summed E-state index contributed by atoms with van der Waals surface area (Å²) >= 11 is 1.10. The molecule has 3 aromatic rings. The number of rotatable bonds is 3. The van der Waals surface area contributed by atoms with Gasteiger partial charge in [-0.15, -0.1) is 0 Å². The minimum atomic E-state index is -0.395. The molecule has 7 nitrogen and oxygen atoms in total. The molecule has 1 amide bonds. The monoisotopic (exact) mass is 428 g/mol. The molecule has 0 aliphatic carbocycles. The zero-order valence-corrected chi connectivity index (χ0v) is 17.0. The molecule has 2 aliphatic heterocycles. The van der Waals surface area contributed by atoms with Crippen molar-refractivity contribution in [3.05, 3.63) is 62.3 Å². The SMILES string of the molecule is COc1cc([C@H]2CC(=O)N(c3ccc(F)cc3)c3c2sc(=O)n3C)cc2c1OCO2. The number of amides is 1. The van der Waals surface area contributed by atoms with Crippen LogP contribution in [0.2, 0.25) is 0 Å². The van der Waals surface area contributed by atoms with Gasteiger partial charge in [-0.05, 0) is 42.0 Å². The van der Waals surface area contributed by atoms with Crippen molar-refractivity contribution in [2.75, 3.05) is 18.8 Å². The second-order valence-corrected chi connectivity index (χ2v) is 8.03. The van der Waals surface area contributed by atoms with Crippen molar-refractivity contribution in [1.29, 1.82) is 0 Å².